The van der Waals surface area contributed by atoms with E-state index in [4.69, 9.17) is 16.3 Å². The number of nitrogens with zero attached hydrogens (tertiary/aromatic N) is 2. The van der Waals surface area contributed by atoms with Crippen LogP contribution in [0.15, 0.2) is 34.5 Å². The van der Waals surface area contributed by atoms with Crippen LogP contribution in [0.25, 0.3) is 0 Å². The zero-order chi connectivity index (χ0) is 17.7. The Hall–Kier alpha value is -2.48. The van der Waals surface area contributed by atoms with Crippen molar-refractivity contribution in [1.82, 2.24) is 5.32 Å². The Morgan fingerprint density at radius 3 is 2.88 bits per heavy atom. The molecule has 2 aliphatic heterocycles. The van der Waals surface area contributed by atoms with E-state index in [1.54, 1.807) is 13.0 Å². The van der Waals surface area contributed by atoms with Crippen molar-refractivity contribution in [2.75, 3.05) is 13.2 Å². The first-order valence-corrected chi connectivity index (χ1v) is 7.88. The number of hydrogen-bond donors (Lipinski definition) is 3. The molecule has 8 heteroatoms. The quantitative estimate of drug-likeness (QED) is 0.193. The molecular formula is C16H23N5O3. The van der Waals surface area contributed by atoms with Gasteiger partial charge in [0.2, 0.25) is 5.91 Å². The maximum Gasteiger partial charge on any atom is 0.242 e. The second-order valence-electron chi connectivity index (χ2n) is 5.82. The van der Waals surface area contributed by atoms with E-state index in [2.05, 4.69) is 22.0 Å². The van der Waals surface area contributed by atoms with Gasteiger partial charge in [-0.3, -0.25) is 14.6 Å². The fourth-order valence-corrected chi connectivity index (χ4v) is 2.81. The Morgan fingerprint density at radius 1 is 1.54 bits per heavy atom. The number of carbonyl (C=O) groups excluding carboxylic acids is 2. The summed E-state index contributed by atoms with van der Waals surface area (Å²) in [7, 11) is 0. The third-order valence-electron chi connectivity index (χ3n) is 4.11. The van der Waals surface area contributed by atoms with Crippen molar-refractivity contribution in [3.8, 4) is 0 Å². The van der Waals surface area contributed by atoms with E-state index >= 15 is 0 Å². The first kappa shape index (κ1) is 17.9. The molecule has 0 spiro atoms. The largest absolute Gasteiger partial charge is 0.390 e. The molecule has 0 radical (unpaired) electrons. The molecule has 1 saturated heterocycles. The fourth-order valence-electron chi connectivity index (χ4n) is 2.81. The minimum absolute atomic E-state index is 0.0142. The Labute approximate surface area is 140 Å². The van der Waals surface area contributed by atoms with Crippen molar-refractivity contribution < 1.29 is 14.4 Å². The van der Waals surface area contributed by atoms with Crippen molar-refractivity contribution in [3.63, 3.8) is 0 Å². The van der Waals surface area contributed by atoms with Gasteiger partial charge < -0.3 is 21.6 Å². The number of carbonyl (C=O) groups is 2. The highest BCUT2D eigenvalue weighted by molar-refractivity contribution is 6.46. The molecule has 0 aromatic heterocycles. The molecule has 1 fully saturated rings. The van der Waals surface area contributed by atoms with Gasteiger partial charge >= 0.3 is 0 Å². The van der Waals surface area contributed by atoms with Gasteiger partial charge in [-0.25, -0.2) is 0 Å². The van der Waals surface area contributed by atoms with Gasteiger partial charge in [0.25, 0.3) is 0 Å². The molecule has 2 heterocycles. The van der Waals surface area contributed by atoms with Gasteiger partial charge in [-0.2, -0.15) is 0 Å². The molecule has 0 aromatic rings. The molecule has 5 N–H and O–H groups in total. The highest BCUT2D eigenvalue weighted by Gasteiger charge is 2.36. The number of ketones is 1. The summed E-state index contributed by atoms with van der Waals surface area (Å²) in [6.07, 6.45) is 4.80. The number of hydrogen-bond acceptors (Lipinski definition) is 6. The van der Waals surface area contributed by atoms with Gasteiger partial charge in [0.05, 0.1) is 6.04 Å². The Balaban J connectivity index is 2.31. The average molecular weight is 333 g/mol. The third-order valence-corrected chi connectivity index (χ3v) is 4.11. The van der Waals surface area contributed by atoms with E-state index in [0.29, 0.717) is 5.57 Å². The molecule has 3 atom stereocenters. The zero-order valence-corrected chi connectivity index (χ0v) is 13.7. The number of primary amides is 1. The van der Waals surface area contributed by atoms with Gasteiger partial charge in [-0.15, -0.1) is 0 Å². The van der Waals surface area contributed by atoms with Crippen LogP contribution in [0, 0.1) is 5.92 Å². The Morgan fingerprint density at radius 2 is 2.29 bits per heavy atom. The average Bonchev–Trinajstić information content (AvgIpc) is 3.08. The van der Waals surface area contributed by atoms with Crippen LogP contribution < -0.4 is 16.8 Å². The van der Waals surface area contributed by atoms with Gasteiger partial charge in [-0.1, -0.05) is 24.7 Å². The van der Waals surface area contributed by atoms with Crippen molar-refractivity contribution in [2.45, 2.75) is 31.8 Å². The summed E-state index contributed by atoms with van der Waals surface area (Å²) in [5.41, 5.74) is 12.0. The maximum absolute atomic E-state index is 12.7. The highest BCUT2D eigenvalue weighted by atomic mass is 16.6. The summed E-state index contributed by atoms with van der Waals surface area (Å²) in [6, 6.07) is -1.11. The van der Waals surface area contributed by atoms with Crippen LogP contribution in [0.5, 0.6) is 0 Å². The van der Waals surface area contributed by atoms with E-state index in [1.807, 2.05) is 0 Å². The van der Waals surface area contributed by atoms with Gasteiger partial charge in [0.1, 0.15) is 18.4 Å². The van der Waals surface area contributed by atoms with E-state index < -0.39 is 17.9 Å². The first-order chi connectivity index (χ1) is 11.5. The van der Waals surface area contributed by atoms with Crippen LogP contribution in [0.4, 0.5) is 0 Å². The first-order valence-electron chi connectivity index (χ1n) is 7.88. The van der Waals surface area contributed by atoms with Crippen LogP contribution in [0.1, 0.15) is 19.8 Å². The minimum Gasteiger partial charge on any atom is -0.390 e. The van der Waals surface area contributed by atoms with Crippen molar-refractivity contribution in [2.24, 2.45) is 27.5 Å². The molecule has 0 saturated carbocycles. The number of amides is 1. The molecule has 0 bridgehead atoms. The molecule has 2 aliphatic rings. The monoisotopic (exact) mass is 333 g/mol. The summed E-state index contributed by atoms with van der Waals surface area (Å²) in [4.78, 5) is 33.6. The molecule has 2 unspecified atom stereocenters. The maximum atomic E-state index is 12.7. The highest BCUT2D eigenvalue weighted by Crippen LogP contribution is 2.26. The summed E-state index contributed by atoms with van der Waals surface area (Å²) >= 11 is 0. The molecule has 1 amide bonds. The van der Waals surface area contributed by atoms with Crippen LogP contribution in [-0.4, -0.2) is 48.5 Å². The molecule has 8 nitrogen and oxygen atoms in total. The van der Waals surface area contributed by atoms with Crippen LogP contribution in [0.2, 0.25) is 0 Å². The normalized spacial score (nSPS) is 27.2. The number of aliphatic imine (C=N–C) groups is 1. The number of amidine groups is 1. The van der Waals surface area contributed by atoms with Gasteiger partial charge in [-0.05, 0) is 25.5 Å². The second kappa shape index (κ2) is 7.87. The SMILES string of the molecule is C=CCON=C(N)C1=NC(C(N)=O)C(C)C(C(=O)[C@@H]2CCCN2)=C1. The minimum atomic E-state index is -0.862. The van der Waals surface area contributed by atoms with E-state index in [0.717, 1.165) is 19.4 Å². The van der Waals surface area contributed by atoms with E-state index in [1.165, 1.54) is 6.08 Å². The Bertz CT molecular complexity index is 617. The van der Waals surface area contributed by atoms with Crippen LogP contribution >= 0.6 is 0 Å². The van der Waals surface area contributed by atoms with Crippen LogP contribution in [0.3, 0.4) is 0 Å². The van der Waals surface area contributed by atoms with Gasteiger partial charge in [0, 0.05) is 11.5 Å². The topological polar surface area (TPSA) is 132 Å². The lowest BCUT2D eigenvalue weighted by Gasteiger charge is -2.26. The summed E-state index contributed by atoms with van der Waals surface area (Å²) in [6.45, 7) is 6.25. The number of dihydropyridines is 1. The number of oxime groups is 1. The predicted molar refractivity (Wildman–Crippen MR) is 91.5 cm³/mol. The number of nitrogens with one attached hydrogen (secondary N) is 1. The Kier molecular flexibility index (Phi) is 5.86. The van der Waals surface area contributed by atoms with E-state index in [-0.39, 0.29) is 30.0 Å². The molecule has 0 aromatic carbocycles. The molecule has 130 valence electrons. The number of nitrogens with two attached hydrogens (primary N) is 2. The fraction of sp³-hybridized carbons (Fsp3) is 0.500. The lowest BCUT2D eigenvalue weighted by atomic mass is 9.84. The van der Waals surface area contributed by atoms with Crippen molar-refractivity contribution in [3.05, 3.63) is 24.3 Å². The molecule has 2 rings (SSSR count). The lowest BCUT2D eigenvalue weighted by Crippen LogP contribution is -2.43. The van der Waals surface area contributed by atoms with Gasteiger partial charge in [0.15, 0.2) is 11.6 Å². The number of Topliss-reactive ketones (excluding diaryl/α,β-unsaturated/α-hetero) is 1. The molecule has 24 heavy (non-hydrogen) atoms. The molecule has 0 aliphatic carbocycles. The van der Waals surface area contributed by atoms with Crippen molar-refractivity contribution in [1.29, 1.82) is 0 Å². The molecular weight excluding hydrogens is 310 g/mol. The number of rotatable bonds is 7. The zero-order valence-electron chi connectivity index (χ0n) is 13.7. The van der Waals surface area contributed by atoms with Crippen LogP contribution in [-0.2, 0) is 14.4 Å². The smallest absolute Gasteiger partial charge is 0.242 e. The van der Waals surface area contributed by atoms with Crippen molar-refractivity contribution >= 4 is 23.2 Å². The predicted octanol–water partition coefficient (Wildman–Crippen LogP) is -0.347. The second-order valence-corrected chi connectivity index (χ2v) is 5.82. The summed E-state index contributed by atoms with van der Waals surface area (Å²) in [5.74, 6) is -1.10. The summed E-state index contributed by atoms with van der Waals surface area (Å²) < 4.78 is 0. The third kappa shape index (κ3) is 3.88. The standard InChI is InChI=1S/C16H23N5O3/c1-3-7-24-21-15(17)12-8-10(9(2)13(20-12)16(18)23)14(22)11-5-4-6-19-11/h3,8-9,11,13,19H,1,4-7H2,2H3,(H2,17,21)(H2,18,23)/t9?,11-,13?/m0/s1. The van der Waals surface area contributed by atoms with E-state index in [9.17, 15) is 9.59 Å². The summed E-state index contributed by atoms with van der Waals surface area (Å²) in [5, 5.41) is 6.88. The lowest BCUT2D eigenvalue weighted by molar-refractivity contribution is -0.120.